The summed E-state index contributed by atoms with van der Waals surface area (Å²) in [4.78, 5) is 19.9. The number of nitrogens with zero attached hydrogens (tertiary/aromatic N) is 2. The van der Waals surface area contributed by atoms with Crippen molar-refractivity contribution >= 4 is 11.8 Å². The van der Waals surface area contributed by atoms with Crippen molar-refractivity contribution in [3.63, 3.8) is 0 Å². The van der Waals surface area contributed by atoms with Crippen molar-refractivity contribution in [1.82, 2.24) is 9.97 Å². The number of aliphatic carboxylic acids is 1. The summed E-state index contributed by atoms with van der Waals surface area (Å²) in [5.41, 5.74) is 1.06. The Bertz CT molecular complexity index is 483. The molecule has 1 unspecified atom stereocenters. The van der Waals surface area contributed by atoms with E-state index < -0.39 is 11.5 Å². The number of rotatable bonds is 3. The quantitative estimate of drug-likeness (QED) is 0.817. The van der Waals surface area contributed by atoms with Crippen LogP contribution < -0.4 is 5.32 Å². The lowest BCUT2D eigenvalue weighted by molar-refractivity contribution is -0.142. The maximum Gasteiger partial charge on any atom is 0.331 e. The maximum atomic E-state index is 11.4. The third kappa shape index (κ3) is 1.73. The van der Waals surface area contributed by atoms with Gasteiger partial charge < -0.3 is 15.2 Å². The van der Waals surface area contributed by atoms with Gasteiger partial charge >= 0.3 is 5.97 Å². The number of nitrogens with one attached hydrogen (secondary N) is 1. The van der Waals surface area contributed by atoms with E-state index in [1.54, 1.807) is 0 Å². The monoisotopic (exact) mass is 249 g/mol. The van der Waals surface area contributed by atoms with Crippen molar-refractivity contribution in [1.29, 1.82) is 0 Å². The highest BCUT2D eigenvalue weighted by atomic mass is 16.5. The second kappa shape index (κ2) is 4.20. The van der Waals surface area contributed by atoms with Crippen LogP contribution in [0, 0.1) is 0 Å². The normalized spacial score (nSPS) is 26.0. The minimum atomic E-state index is -1.04. The molecule has 1 aromatic rings. The van der Waals surface area contributed by atoms with E-state index >= 15 is 0 Å². The fourth-order valence-corrected chi connectivity index (χ4v) is 2.58. The van der Waals surface area contributed by atoms with Gasteiger partial charge in [0.05, 0.1) is 6.61 Å². The lowest BCUT2D eigenvalue weighted by Crippen LogP contribution is -2.47. The van der Waals surface area contributed by atoms with Gasteiger partial charge in [0.1, 0.15) is 12.1 Å². The Kier molecular flexibility index (Phi) is 2.66. The Morgan fingerprint density at radius 3 is 3.06 bits per heavy atom. The molecule has 1 atom stereocenters. The van der Waals surface area contributed by atoms with Gasteiger partial charge in [-0.05, 0) is 19.3 Å². The molecule has 96 valence electrons. The summed E-state index contributed by atoms with van der Waals surface area (Å²) in [6.45, 7) is 0.647. The average molecular weight is 249 g/mol. The zero-order valence-electron chi connectivity index (χ0n) is 9.98. The number of hydrogen-bond acceptors (Lipinski definition) is 5. The van der Waals surface area contributed by atoms with Gasteiger partial charge in [0.15, 0.2) is 5.54 Å². The highest BCUT2D eigenvalue weighted by Crippen LogP contribution is 2.30. The first-order chi connectivity index (χ1) is 8.71. The van der Waals surface area contributed by atoms with Crippen LogP contribution in [0.1, 0.15) is 24.1 Å². The van der Waals surface area contributed by atoms with Crippen LogP contribution in [-0.4, -0.2) is 39.8 Å². The number of fused-ring (bicyclic) bond motifs is 1. The number of aromatic nitrogens is 2. The second-order valence-corrected chi connectivity index (χ2v) is 4.82. The zero-order valence-corrected chi connectivity index (χ0v) is 9.98. The molecule has 2 aliphatic rings. The Balaban J connectivity index is 1.92. The zero-order chi connectivity index (χ0) is 12.6. The fourth-order valence-electron chi connectivity index (χ4n) is 2.58. The molecule has 1 fully saturated rings. The summed E-state index contributed by atoms with van der Waals surface area (Å²) < 4.78 is 5.23. The minimum absolute atomic E-state index is 0.182. The molecule has 2 N–H and O–H groups in total. The van der Waals surface area contributed by atoms with E-state index in [9.17, 15) is 9.90 Å². The van der Waals surface area contributed by atoms with Crippen molar-refractivity contribution in [2.45, 2.75) is 31.2 Å². The number of carboxylic acid groups (broad SMARTS) is 1. The molecule has 0 amide bonds. The first kappa shape index (κ1) is 11.4. The van der Waals surface area contributed by atoms with Gasteiger partial charge in [0.25, 0.3) is 0 Å². The van der Waals surface area contributed by atoms with Gasteiger partial charge in [-0.2, -0.15) is 0 Å². The average Bonchev–Trinajstić information content (AvgIpc) is 2.98. The number of anilines is 1. The molecular formula is C12H15N3O3. The Hall–Kier alpha value is -1.69. The molecule has 0 radical (unpaired) electrons. The molecule has 0 spiro atoms. The highest BCUT2D eigenvalue weighted by Gasteiger charge is 2.43. The standard InChI is InChI=1S/C12H15N3O3/c16-11(17)12(4-5-18-6-12)15-10-8-2-1-3-9(8)13-7-14-10/h7H,1-6H2,(H,16,17)(H,13,14,15). The molecule has 1 aromatic heterocycles. The number of hydrogen-bond donors (Lipinski definition) is 2. The first-order valence-corrected chi connectivity index (χ1v) is 6.13. The highest BCUT2D eigenvalue weighted by molar-refractivity contribution is 5.83. The molecule has 0 saturated carbocycles. The summed E-state index contributed by atoms with van der Waals surface area (Å²) >= 11 is 0. The van der Waals surface area contributed by atoms with Gasteiger partial charge in [-0.3, -0.25) is 0 Å². The molecule has 1 aliphatic carbocycles. The Labute approximate surface area is 104 Å². The van der Waals surface area contributed by atoms with E-state index in [1.807, 2.05) is 0 Å². The van der Waals surface area contributed by atoms with Crippen LogP contribution in [0.25, 0.3) is 0 Å². The van der Waals surface area contributed by atoms with Crippen molar-refractivity contribution in [3.05, 3.63) is 17.6 Å². The largest absolute Gasteiger partial charge is 0.479 e. The third-order valence-electron chi connectivity index (χ3n) is 3.66. The second-order valence-electron chi connectivity index (χ2n) is 4.82. The van der Waals surface area contributed by atoms with Gasteiger partial charge in [-0.25, -0.2) is 14.8 Å². The number of carboxylic acids is 1. The van der Waals surface area contributed by atoms with E-state index in [-0.39, 0.29) is 6.61 Å². The van der Waals surface area contributed by atoms with Crippen molar-refractivity contribution in [2.75, 3.05) is 18.5 Å². The number of carbonyl (C=O) groups is 1. The molecule has 0 aromatic carbocycles. The maximum absolute atomic E-state index is 11.4. The van der Waals surface area contributed by atoms with Gasteiger partial charge in [0.2, 0.25) is 0 Å². The van der Waals surface area contributed by atoms with E-state index in [1.165, 1.54) is 6.33 Å². The molecule has 6 heteroatoms. The first-order valence-electron chi connectivity index (χ1n) is 6.13. The fraction of sp³-hybridized carbons (Fsp3) is 0.583. The van der Waals surface area contributed by atoms with Crippen molar-refractivity contribution < 1.29 is 14.6 Å². The summed E-state index contributed by atoms with van der Waals surface area (Å²) in [5.74, 6) is -0.226. The van der Waals surface area contributed by atoms with E-state index in [4.69, 9.17) is 4.74 Å². The van der Waals surface area contributed by atoms with Crippen LogP contribution in [-0.2, 0) is 22.4 Å². The summed E-state index contributed by atoms with van der Waals surface area (Å²) in [6.07, 6.45) is 4.87. The molecule has 6 nitrogen and oxygen atoms in total. The van der Waals surface area contributed by atoms with E-state index in [0.29, 0.717) is 18.8 Å². The van der Waals surface area contributed by atoms with E-state index in [0.717, 1.165) is 30.5 Å². The Morgan fingerprint density at radius 1 is 1.44 bits per heavy atom. The molecule has 2 heterocycles. The Morgan fingerprint density at radius 2 is 2.33 bits per heavy atom. The summed E-state index contributed by atoms with van der Waals surface area (Å²) in [5, 5.41) is 12.5. The molecule has 0 bridgehead atoms. The lowest BCUT2D eigenvalue weighted by Gasteiger charge is -2.25. The summed E-state index contributed by atoms with van der Waals surface area (Å²) in [6, 6.07) is 0. The lowest BCUT2D eigenvalue weighted by atomic mass is 9.98. The van der Waals surface area contributed by atoms with Gasteiger partial charge in [-0.15, -0.1) is 0 Å². The van der Waals surface area contributed by atoms with Gasteiger partial charge in [-0.1, -0.05) is 0 Å². The molecule has 1 aliphatic heterocycles. The molecular weight excluding hydrogens is 234 g/mol. The van der Waals surface area contributed by atoms with Crippen LogP contribution in [0.15, 0.2) is 6.33 Å². The van der Waals surface area contributed by atoms with Crippen LogP contribution in [0.5, 0.6) is 0 Å². The smallest absolute Gasteiger partial charge is 0.331 e. The molecule has 18 heavy (non-hydrogen) atoms. The van der Waals surface area contributed by atoms with Crippen LogP contribution in [0.2, 0.25) is 0 Å². The molecule has 1 saturated heterocycles. The number of ether oxygens (including phenoxy) is 1. The summed E-state index contributed by atoms with van der Waals surface area (Å²) in [7, 11) is 0. The SMILES string of the molecule is O=C(O)C1(Nc2ncnc3c2CCC3)CCOC1. The van der Waals surface area contributed by atoms with Crippen molar-refractivity contribution in [3.8, 4) is 0 Å². The van der Waals surface area contributed by atoms with Crippen LogP contribution in [0.4, 0.5) is 5.82 Å². The number of aryl methyl sites for hydroxylation is 1. The predicted octanol–water partition coefficient (Wildman–Crippen LogP) is 0.621. The van der Waals surface area contributed by atoms with E-state index in [2.05, 4.69) is 15.3 Å². The van der Waals surface area contributed by atoms with Crippen LogP contribution >= 0.6 is 0 Å². The predicted molar refractivity (Wildman–Crippen MR) is 63.5 cm³/mol. The topological polar surface area (TPSA) is 84.3 Å². The van der Waals surface area contributed by atoms with Crippen molar-refractivity contribution in [2.24, 2.45) is 0 Å². The third-order valence-corrected chi connectivity index (χ3v) is 3.66. The molecule has 3 rings (SSSR count). The van der Waals surface area contributed by atoms with Crippen LogP contribution in [0.3, 0.4) is 0 Å². The van der Waals surface area contributed by atoms with Gasteiger partial charge in [0, 0.05) is 24.3 Å². The minimum Gasteiger partial charge on any atom is -0.479 e.